The van der Waals surface area contributed by atoms with Crippen LogP contribution in [0.2, 0.25) is 0 Å². The van der Waals surface area contributed by atoms with Crippen LogP contribution < -0.4 is 4.74 Å². The first-order chi connectivity index (χ1) is 15.8. The van der Waals surface area contributed by atoms with Crippen molar-refractivity contribution in [2.75, 3.05) is 66.6 Å². The van der Waals surface area contributed by atoms with Crippen molar-refractivity contribution in [3.05, 3.63) is 29.8 Å². The van der Waals surface area contributed by atoms with E-state index in [1.54, 1.807) is 0 Å². The Kier molecular flexibility index (Phi) is 18.8. The molecule has 0 radical (unpaired) electrons. The Morgan fingerprint density at radius 2 is 1.22 bits per heavy atom. The molecule has 0 atom stereocenters. The Hall–Kier alpha value is -1.67. The van der Waals surface area contributed by atoms with Gasteiger partial charge in [0.25, 0.3) is 0 Å². The Balaban J connectivity index is 1.86. The summed E-state index contributed by atoms with van der Waals surface area (Å²) in [6.07, 6.45) is 9.09. The van der Waals surface area contributed by atoms with Gasteiger partial charge in [-0.1, -0.05) is 51.2 Å². The topological polar surface area (TPSA) is 72.5 Å². The van der Waals surface area contributed by atoms with Crippen LogP contribution in [0.5, 0.6) is 5.75 Å². The van der Waals surface area contributed by atoms with Gasteiger partial charge in [-0.15, -0.1) is 0 Å². The fraction of sp³-hybridized carbons (Fsp3) is 0.720. The fourth-order valence-corrected chi connectivity index (χ4v) is 2.95. The van der Waals surface area contributed by atoms with Crippen LogP contribution in [-0.4, -0.2) is 72.5 Å². The Morgan fingerprint density at radius 1 is 0.688 bits per heavy atom. The van der Waals surface area contributed by atoms with Crippen molar-refractivity contribution in [2.45, 2.75) is 51.9 Å². The van der Waals surface area contributed by atoms with Gasteiger partial charge in [-0.05, 0) is 30.5 Å². The zero-order chi connectivity index (χ0) is 23.1. The summed E-state index contributed by atoms with van der Waals surface area (Å²) in [6, 6.07) is 8.39. The molecular formula is C25H42O7. The third-order valence-electron chi connectivity index (χ3n) is 4.80. The second-order valence-corrected chi connectivity index (χ2v) is 7.48. The number of carbonyl (C=O) groups excluding carboxylic acids is 1. The molecule has 0 fully saturated rings. The van der Waals surface area contributed by atoms with Crippen LogP contribution in [0.3, 0.4) is 0 Å². The van der Waals surface area contributed by atoms with Crippen LogP contribution in [0.15, 0.2) is 24.3 Å². The van der Waals surface area contributed by atoms with Gasteiger partial charge < -0.3 is 28.4 Å². The van der Waals surface area contributed by atoms with E-state index in [1.807, 2.05) is 12.1 Å². The molecule has 1 aromatic carbocycles. The molecule has 0 aliphatic rings. The van der Waals surface area contributed by atoms with Gasteiger partial charge in [0, 0.05) is 0 Å². The lowest BCUT2D eigenvalue weighted by Crippen LogP contribution is -2.15. The third-order valence-corrected chi connectivity index (χ3v) is 4.80. The predicted molar refractivity (Wildman–Crippen MR) is 124 cm³/mol. The summed E-state index contributed by atoms with van der Waals surface area (Å²) in [5.41, 5.74) is 1.37. The quantitative estimate of drug-likeness (QED) is 0.192. The van der Waals surface area contributed by atoms with Crippen LogP contribution in [0.4, 0.5) is 0 Å². The molecule has 1 rings (SSSR count). The van der Waals surface area contributed by atoms with Crippen molar-refractivity contribution in [1.82, 2.24) is 0 Å². The van der Waals surface area contributed by atoms with Crippen molar-refractivity contribution in [1.29, 1.82) is 0 Å². The molecule has 0 N–H and O–H groups in total. The van der Waals surface area contributed by atoms with Crippen LogP contribution in [0, 0.1) is 0 Å². The molecule has 184 valence electrons. The second kappa shape index (κ2) is 21.2. The standard InChI is InChI=1S/C25H42O7/c1-3-4-5-6-7-8-9-23-10-12-24(13-11-23)32-21-20-30-17-16-28-14-15-29-18-19-31-22-25(26)27-2/h10-13H,3-9,14-22H2,1-2H3. The van der Waals surface area contributed by atoms with Crippen molar-refractivity contribution >= 4 is 5.97 Å². The second-order valence-electron chi connectivity index (χ2n) is 7.48. The highest BCUT2D eigenvalue weighted by molar-refractivity contribution is 5.70. The van der Waals surface area contributed by atoms with E-state index in [0.29, 0.717) is 52.9 Å². The number of benzene rings is 1. The van der Waals surface area contributed by atoms with E-state index >= 15 is 0 Å². The monoisotopic (exact) mass is 454 g/mol. The van der Waals surface area contributed by atoms with Crippen LogP contribution in [0.1, 0.15) is 51.0 Å². The van der Waals surface area contributed by atoms with Crippen LogP contribution in [-0.2, 0) is 34.9 Å². The molecule has 0 bridgehead atoms. The van der Waals surface area contributed by atoms with E-state index in [4.69, 9.17) is 23.7 Å². The van der Waals surface area contributed by atoms with E-state index in [9.17, 15) is 4.79 Å². The molecule has 0 spiro atoms. The first-order valence-electron chi connectivity index (χ1n) is 11.9. The fourth-order valence-electron chi connectivity index (χ4n) is 2.95. The number of ether oxygens (including phenoxy) is 6. The third kappa shape index (κ3) is 17.0. The largest absolute Gasteiger partial charge is 0.491 e. The molecule has 7 nitrogen and oxygen atoms in total. The van der Waals surface area contributed by atoms with Gasteiger partial charge in [0.1, 0.15) is 19.0 Å². The number of hydrogen-bond donors (Lipinski definition) is 0. The molecule has 0 heterocycles. The molecule has 0 saturated heterocycles. The van der Waals surface area contributed by atoms with Crippen molar-refractivity contribution in [2.24, 2.45) is 0 Å². The molecule has 0 aromatic heterocycles. The zero-order valence-electron chi connectivity index (χ0n) is 20.0. The van der Waals surface area contributed by atoms with Gasteiger partial charge in [0.15, 0.2) is 0 Å². The summed E-state index contributed by atoms with van der Waals surface area (Å²) in [4.78, 5) is 10.8. The average molecular weight is 455 g/mol. The molecule has 0 saturated carbocycles. The first kappa shape index (κ1) is 28.4. The van der Waals surface area contributed by atoms with Gasteiger partial charge in [0.2, 0.25) is 0 Å². The predicted octanol–water partition coefficient (Wildman–Crippen LogP) is 4.21. The molecule has 1 aromatic rings. The normalized spacial score (nSPS) is 10.9. The number of carbonyl (C=O) groups is 1. The molecule has 0 aliphatic carbocycles. The summed E-state index contributed by atoms with van der Waals surface area (Å²) >= 11 is 0. The smallest absolute Gasteiger partial charge is 0.331 e. The maximum absolute atomic E-state index is 10.8. The Labute approximate surface area is 193 Å². The lowest BCUT2D eigenvalue weighted by atomic mass is 10.0. The van der Waals surface area contributed by atoms with Gasteiger partial charge in [-0.25, -0.2) is 4.79 Å². The summed E-state index contributed by atoms with van der Waals surface area (Å²) < 4.78 is 31.5. The van der Waals surface area contributed by atoms with Gasteiger partial charge in [-0.2, -0.15) is 0 Å². The van der Waals surface area contributed by atoms with E-state index in [1.165, 1.54) is 51.2 Å². The highest BCUT2D eigenvalue weighted by Crippen LogP contribution is 2.15. The maximum atomic E-state index is 10.8. The minimum absolute atomic E-state index is 0.0536. The van der Waals surface area contributed by atoms with Crippen molar-refractivity contribution in [3.63, 3.8) is 0 Å². The minimum atomic E-state index is -0.393. The summed E-state index contributed by atoms with van der Waals surface area (Å²) in [5.74, 6) is 0.486. The first-order valence-corrected chi connectivity index (χ1v) is 11.9. The lowest BCUT2D eigenvalue weighted by molar-refractivity contribution is -0.146. The van der Waals surface area contributed by atoms with Crippen molar-refractivity contribution < 1.29 is 33.2 Å². The minimum Gasteiger partial charge on any atom is -0.491 e. The maximum Gasteiger partial charge on any atom is 0.331 e. The highest BCUT2D eigenvalue weighted by Gasteiger charge is 2.00. The number of aryl methyl sites for hydroxylation is 1. The van der Waals surface area contributed by atoms with Gasteiger partial charge in [-0.3, -0.25) is 0 Å². The number of unbranched alkanes of at least 4 members (excludes halogenated alkanes) is 5. The van der Waals surface area contributed by atoms with Crippen LogP contribution in [0.25, 0.3) is 0 Å². The van der Waals surface area contributed by atoms with Crippen LogP contribution >= 0.6 is 0 Å². The lowest BCUT2D eigenvalue weighted by Gasteiger charge is -2.09. The molecule has 7 heteroatoms. The van der Waals surface area contributed by atoms with E-state index < -0.39 is 5.97 Å². The molecule has 32 heavy (non-hydrogen) atoms. The number of rotatable bonds is 22. The zero-order valence-corrected chi connectivity index (χ0v) is 20.0. The number of methoxy groups -OCH3 is 1. The van der Waals surface area contributed by atoms with Gasteiger partial charge >= 0.3 is 5.97 Å². The molecule has 0 unspecified atom stereocenters. The average Bonchev–Trinajstić information content (AvgIpc) is 2.82. The SMILES string of the molecule is CCCCCCCCc1ccc(OCCOCCOCCOCCOCC(=O)OC)cc1. The Morgan fingerprint density at radius 3 is 1.81 bits per heavy atom. The highest BCUT2D eigenvalue weighted by atomic mass is 16.6. The molecule has 0 aliphatic heterocycles. The molecule has 0 amide bonds. The van der Waals surface area contributed by atoms with E-state index in [2.05, 4.69) is 23.8 Å². The molecular weight excluding hydrogens is 412 g/mol. The Bertz CT molecular complexity index is 548. The summed E-state index contributed by atoms with van der Waals surface area (Å²) in [5, 5.41) is 0. The summed E-state index contributed by atoms with van der Waals surface area (Å²) in [6.45, 7) is 5.99. The number of esters is 1. The van der Waals surface area contributed by atoms with Crippen molar-refractivity contribution in [3.8, 4) is 5.75 Å². The summed E-state index contributed by atoms with van der Waals surface area (Å²) in [7, 11) is 1.33. The van der Waals surface area contributed by atoms with Gasteiger partial charge in [0.05, 0.1) is 53.4 Å². The van der Waals surface area contributed by atoms with E-state index in [0.717, 1.165) is 12.2 Å². The number of hydrogen-bond acceptors (Lipinski definition) is 7. The van der Waals surface area contributed by atoms with E-state index in [-0.39, 0.29) is 6.61 Å².